The maximum atomic E-state index is 13.9. The third kappa shape index (κ3) is 3.98. The molecule has 0 radical (unpaired) electrons. The molecule has 0 aliphatic carbocycles. The lowest BCUT2D eigenvalue weighted by Gasteiger charge is -2.19. The average Bonchev–Trinajstić information content (AvgIpc) is 2.44. The van der Waals surface area contributed by atoms with Crippen molar-refractivity contribution < 1.29 is 23.4 Å². The van der Waals surface area contributed by atoms with Crippen molar-refractivity contribution in [3.8, 4) is 11.5 Å². The van der Waals surface area contributed by atoms with Crippen molar-refractivity contribution in [3.05, 3.63) is 23.8 Å². The highest BCUT2D eigenvalue weighted by Crippen LogP contribution is 2.35. The second-order valence-corrected chi connectivity index (χ2v) is 3.76. The van der Waals surface area contributed by atoms with E-state index in [0.717, 1.165) is 0 Å². The number of nitrogens with two attached hydrogens (primary N) is 1. The fourth-order valence-electron chi connectivity index (χ4n) is 1.70. The van der Waals surface area contributed by atoms with Crippen molar-refractivity contribution in [2.24, 2.45) is 5.73 Å². The first-order valence-electron chi connectivity index (χ1n) is 5.84. The third-order valence-electron chi connectivity index (χ3n) is 2.62. The Morgan fingerprint density at radius 3 is 2.50 bits per heavy atom. The topological polar surface area (TPSA) is 70.8 Å². The summed E-state index contributed by atoms with van der Waals surface area (Å²) in [5.41, 5.74) is 6.11. The zero-order valence-electron chi connectivity index (χ0n) is 11.6. The summed E-state index contributed by atoms with van der Waals surface area (Å²) in [7, 11) is 2.89. The summed E-state index contributed by atoms with van der Waals surface area (Å²) in [4.78, 5) is 11.4. The Kier molecular flexibility index (Phi) is 7.94. The maximum absolute atomic E-state index is 13.9. The molecule has 0 saturated heterocycles. The zero-order valence-corrected chi connectivity index (χ0v) is 12.4. The summed E-state index contributed by atoms with van der Waals surface area (Å²) < 4.78 is 28.8. The Hall–Kier alpha value is -1.53. The molecule has 2 atom stereocenters. The fraction of sp³-hybridized carbons (Fsp3) is 0.462. The molecule has 1 aromatic carbocycles. The highest BCUT2D eigenvalue weighted by Gasteiger charge is 2.30. The molecular weight excluding hydrogens is 289 g/mol. The summed E-state index contributed by atoms with van der Waals surface area (Å²) in [6.45, 7) is 1.70. The largest absolute Gasteiger partial charge is 0.493 e. The lowest BCUT2D eigenvalue weighted by molar-refractivity contribution is -0.149. The number of esters is 1. The van der Waals surface area contributed by atoms with E-state index in [1.54, 1.807) is 25.1 Å². The van der Waals surface area contributed by atoms with E-state index in [0.29, 0.717) is 17.1 Å². The smallest absolute Gasteiger partial charge is 0.342 e. The van der Waals surface area contributed by atoms with Gasteiger partial charge in [0.25, 0.3) is 0 Å². The first-order chi connectivity index (χ1) is 9.06. The van der Waals surface area contributed by atoms with E-state index in [4.69, 9.17) is 15.2 Å². The highest BCUT2D eigenvalue weighted by atomic mass is 35.5. The summed E-state index contributed by atoms with van der Waals surface area (Å²) in [6, 6.07) is 3.71. The molecule has 0 saturated carbocycles. The minimum Gasteiger partial charge on any atom is -0.493 e. The predicted octanol–water partition coefficient (Wildman–Crippen LogP) is 2.03. The van der Waals surface area contributed by atoms with E-state index in [-0.39, 0.29) is 19.0 Å². The number of hydrogen-bond acceptors (Lipinski definition) is 5. The van der Waals surface area contributed by atoms with Gasteiger partial charge in [0.1, 0.15) is 0 Å². The lowest BCUT2D eigenvalue weighted by Crippen LogP contribution is -2.31. The summed E-state index contributed by atoms with van der Waals surface area (Å²) >= 11 is 0. The normalized spacial score (nSPS) is 12.8. The SMILES string of the molecule is CCOC(=O)C(F)[C@@H](N)c1cccc(OC)c1OC.Cl. The molecule has 0 fully saturated rings. The second kappa shape index (κ2) is 8.60. The Balaban J connectivity index is 0.00000361. The van der Waals surface area contributed by atoms with Crippen LogP contribution in [-0.2, 0) is 9.53 Å². The van der Waals surface area contributed by atoms with Crippen LogP contribution in [0, 0.1) is 0 Å². The van der Waals surface area contributed by atoms with E-state index >= 15 is 0 Å². The number of methoxy groups -OCH3 is 2. The minimum absolute atomic E-state index is 0. The van der Waals surface area contributed by atoms with Crippen molar-refractivity contribution >= 4 is 18.4 Å². The van der Waals surface area contributed by atoms with Gasteiger partial charge in [-0.05, 0) is 13.0 Å². The van der Waals surface area contributed by atoms with Crippen LogP contribution in [0.4, 0.5) is 4.39 Å². The number of benzene rings is 1. The molecule has 0 spiro atoms. The van der Waals surface area contributed by atoms with Crippen LogP contribution in [0.1, 0.15) is 18.5 Å². The maximum Gasteiger partial charge on any atom is 0.342 e. The second-order valence-electron chi connectivity index (χ2n) is 3.76. The van der Waals surface area contributed by atoms with Gasteiger partial charge >= 0.3 is 5.97 Å². The van der Waals surface area contributed by atoms with E-state index in [1.165, 1.54) is 14.2 Å². The monoisotopic (exact) mass is 307 g/mol. The number of hydrogen-bond donors (Lipinski definition) is 1. The van der Waals surface area contributed by atoms with Crippen LogP contribution in [0.2, 0.25) is 0 Å². The van der Waals surface area contributed by atoms with E-state index in [2.05, 4.69) is 4.74 Å². The fourth-order valence-corrected chi connectivity index (χ4v) is 1.70. The van der Waals surface area contributed by atoms with Gasteiger partial charge in [0, 0.05) is 5.56 Å². The number of halogens is 2. The minimum atomic E-state index is -1.96. The van der Waals surface area contributed by atoms with Crippen LogP contribution < -0.4 is 15.2 Å². The number of ether oxygens (including phenoxy) is 3. The number of para-hydroxylation sites is 1. The molecule has 20 heavy (non-hydrogen) atoms. The van der Waals surface area contributed by atoms with Gasteiger partial charge in [-0.1, -0.05) is 12.1 Å². The van der Waals surface area contributed by atoms with Gasteiger partial charge in [0.2, 0.25) is 6.17 Å². The predicted molar refractivity (Wildman–Crippen MR) is 75.3 cm³/mol. The van der Waals surface area contributed by atoms with E-state index in [9.17, 15) is 9.18 Å². The molecule has 1 aromatic rings. The molecule has 5 nitrogen and oxygen atoms in total. The third-order valence-corrected chi connectivity index (χ3v) is 2.62. The van der Waals surface area contributed by atoms with Crippen LogP contribution in [-0.4, -0.2) is 33.0 Å². The number of rotatable bonds is 6. The summed E-state index contributed by atoms with van der Waals surface area (Å²) in [6.07, 6.45) is -1.96. The van der Waals surface area contributed by atoms with Gasteiger partial charge in [-0.2, -0.15) is 0 Å². The molecule has 1 rings (SSSR count). The standard InChI is InChI=1S/C13H18FNO4.ClH/c1-4-19-13(16)10(14)11(15)8-6-5-7-9(17-2)12(8)18-3;/h5-7,10-11H,4,15H2,1-3H3;1H/t10?,11-;/m0./s1. The Labute approximate surface area is 123 Å². The van der Waals surface area contributed by atoms with Crippen molar-refractivity contribution in [2.75, 3.05) is 20.8 Å². The van der Waals surface area contributed by atoms with Crippen LogP contribution in [0.3, 0.4) is 0 Å². The molecule has 2 N–H and O–H groups in total. The Morgan fingerprint density at radius 2 is 2.00 bits per heavy atom. The Bertz CT molecular complexity index is 444. The summed E-state index contributed by atoms with van der Waals surface area (Å²) in [5, 5.41) is 0. The van der Waals surface area contributed by atoms with Crippen LogP contribution in [0.15, 0.2) is 18.2 Å². The number of carbonyl (C=O) groups excluding carboxylic acids is 1. The molecule has 0 aliphatic heterocycles. The molecule has 0 heterocycles. The quantitative estimate of drug-likeness (QED) is 0.814. The first-order valence-corrected chi connectivity index (χ1v) is 5.84. The van der Waals surface area contributed by atoms with Crippen molar-refractivity contribution in [1.29, 1.82) is 0 Å². The summed E-state index contributed by atoms with van der Waals surface area (Å²) in [5.74, 6) is -0.254. The first kappa shape index (κ1) is 18.5. The van der Waals surface area contributed by atoms with Crippen LogP contribution in [0.5, 0.6) is 11.5 Å². The zero-order chi connectivity index (χ0) is 14.4. The molecule has 114 valence electrons. The molecule has 0 aliphatic rings. The molecule has 1 unspecified atom stereocenters. The number of alkyl halides is 1. The van der Waals surface area contributed by atoms with Gasteiger partial charge < -0.3 is 19.9 Å². The van der Waals surface area contributed by atoms with Gasteiger partial charge in [0.05, 0.1) is 26.9 Å². The van der Waals surface area contributed by atoms with E-state index in [1.807, 2.05) is 0 Å². The van der Waals surface area contributed by atoms with Crippen LogP contribution in [0.25, 0.3) is 0 Å². The van der Waals surface area contributed by atoms with Gasteiger partial charge in [-0.3, -0.25) is 0 Å². The molecular formula is C13H19ClFNO4. The van der Waals surface area contributed by atoms with E-state index < -0.39 is 18.2 Å². The average molecular weight is 308 g/mol. The van der Waals surface area contributed by atoms with Gasteiger partial charge in [-0.15, -0.1) is 12.4 Å². The number of carbonyl (C=O) groups is 1. The van der Waals surface area contributed by atoms with Gasteiger partial charge in [-0.25, -0.2) is 9.18 Å². The Morgan fingerprint density at radius 1 is 1.35 bits per heavy atom. The van der Waals surface area contributed by atoms with Crippen molar-refractivity contribution in [1.82, 2.24) is 0 Å². The highest BCUT2D eigenvalue weighted by molar-refractivity contribution is 5.85. The molecule has 0 amide bonds. The molecule has 0 bridgehead atoms. The van der Waals surface area contributed by atoms with Crippen molar-refractivity contribution in [2.45, 2.75) is 19.1 Å². The van der Waals surface area contributed by atoms with Crippen molar-refractivity contribution in [3.63, 3.8) is 0 Å². The molecule has 0 aromatic heterocycles. The van der Waals surface area contributed by atoms with Gasteiger partial charge in [0.15, 0.2) is 11.5 Å². The van der Waals surface area contributed by atoms with Crippen LogP contribution >= 0.6 is 12.4 Å². The lowest BCUT2D eigenvalue weighted by atomic mass is 10.0. The molecule has 7 heteroatoms.